The van der Waals surface area contributed by atoms with Crippen molar-refractivity contribution in [2.45, 2.75) is 32.6 Å². The summed E-state index contributed by atoms with van der Waals surface area (Å²) in [6.07, 6.45) is 6.07. The van der Waals surface area contributed by atoms with Crippen molar-refractivity contribution < 1.29 is 4.79 Å². The number of anilines is 1. The van der Waals surface area contributed by atoms with Crippen LogP contribution in [0.25, 0.3) is 0 Å². The minimum Gasteiger partial charge on any atom is -0.371 e. The highest BCUT2D eigenvalue weighted by Crippen LogP contribution is 2.29. The van der Waals surface area contributed by atoms with Crippen molar-refractivity contribution >= 4 is 27.9 Å². The third-order valence-corrected chi connectivity index (χ3v) is 4.26. The molecule has 18 heavy (non-hydrogen) atoms. The highest BCUT2D eigenvalue weighted by Gasteiger charge is 2.20. The summed E-state index contributed by atoms with van der Waals surface area (Å²) in [5.74, 6) is 0.873. The van der Waals surface area contributed by atoms with Gasteiger partial charge in [0.15, 0.2) is 6.29 Å². The van der Waals surface area contributed by atoms with Gasteiger partial charge in [-0.2, -0.15) is 0 Å². The van der Waals surface area contributed by atoms with Crippen LogP contribution in [0, 0.1) is 5.92 Å². The number of hydrogen-bond donors (Lipinski definition) is 0. The summed E-state index contributed by atoms with van der Waals surface area (Å²) in [7, 11) is 0. The summed E-state index contributed by atoms with van der Waals surface area (Å²) in [5, 5.41) is 0. The quantitative estimate of drug-likeness (QED) is 0.774. The second-order valence-corrected chi connectivity index (χ2v) is 5.96. The molecule has 1 saturated heterocycles. The molecule has 2 rings (SSSR count). The van der Waals surface area contributed by atoms with Crippen molar-refractivity contribution in [2.75, 3.05) is 18.0 Å². The Hall–Kier alpha value is -0.830. The highest BCUT2D eigenvalue weighted by atomic mass is 79.9. The first-order valence-electron chi connectivity index (χ1n) is 6.74. The van der Waals surface area contributed by atoms with Crippen LogP contribution in [-0.4, -0.2) is 19.4 Å². The SMILES string of the molecule is CCCC1CCN(c2cc(Br)ccc2C=O)CC1. The van der Waals surface area contributed by atoms with Gasteiger partial charge in [0.1, 0.15) is 0 Å². The van der Waals surface area contributed by atoms with Crippen molar-refractivity contribution in [3.05, 3.63) is 28.2 Å². The highest BCUT2D eigenvalue weighted by molar-refractivity contribution is 9.10. The number of nitrogens with zero attached hydrogens (tertiary/aromatic N) is 1. The Morgan fingerprint density at radius 2 is 2.11 bits per heavy atom. The number of rotatable bonds is 4. The van der Waals surface area contributed by atoms with E-state index in [0.29, 0.717) is 0 Å². The molecule has 1 aromatic rings. The van der Waals surface area contributed by atoms with Gasteiger partial charge in [0.25, 0.3) is 0 Å². The maximum atomic E-state index is 11.1. The lowest BCUT2D eigenvalue weighted by Gasteiger charge is -2.34. The van der Waals surface area contributed by atoms with E-state index in [2.05, 4.69) is 33.8 Å². The largest absolute Gasteiger partial charge is 0.371 e. The predicted octanol–water partition coefficient (Wildman–Crippen LogP) is 4.28. The molecule has 0 radical (unpaired) electrons. The Morgan fingerprint density at radius 1 is 1.39 bits per heavy atom. The molecule has 1 aliphatic heterocycles. The topological polar surface area (TPSA) is 20.3 Å². The molecule has 0 aromatic heterocycles. The van der Waals surface area contributed by atoms with E-state index in [1.165, 1.54) is 25.7 Å². The summed E-state index contributed by atoms with van der Waals surface area (Å²) in [5.41, 5.74) is 1.88. The average Bonchev–Trinajstić information content (AvgIpc) is 2.40. The van der Waals surface area contributed by atoms with Gasteiger partial charge in [-0.1, -0.05) is 35.7 Å². The number of aldehydes is 1. The first kappa shape index (κ1) is 13.6. The van der Waals surface area contributed by atoms with Crippen molar-refractivity contribution in [3.63, 3.8) is 0 Å². The Morgan fingerprint density at radius 3 is 2.72 bits per heavy atom. The van der Waals surface area contributed by atoms with E-state index in [4.69, 9.17) is 0 Å². The van der Waals surface area contributed by atoms with E-state index < -0.39 is 0 Å². The number of carbonyl (C=O) groups excluding carboxylic acids is 1. The number of benzene rings is 1. The molecular weight excluding hydrogens is 290 g/mol. The fourth-order valence-electron chi connectivity index (χ4n) is 2.76. The van der Waals surface area contributed by atoms with E-state index in [9.17, 15) is 4.79 Å². The Labute approximate surface area is 117 Å². The van der Waals surface area contributed by atoms with Gasteiger partial charge in [0, 0.05) is 28.8 Å². The molecular formula is C15H20BrNO. The first-order valence-corrected chi connectivity index (χ1v) is 7.53. The van der Waals surface area contributed by atoms with E-state index >= 15 is 0 Å². The maximum Gasteiger partial charge on any atom is 0.152 e. The molecule has 1 fully saturated rings. The molecule has 2 nitrogen and oxygen atoms in total. The van der Waals surface area contributed by atoms with Gasteiger partial charge in [0.2, 0.25) is 0 Å². The first-order chi connectivity index (χ1) is 8.74. The molecule has 1 aromatic carbocycles. The molecule has 98 valence electrons. The molecule has 0 atom stereocenters. The van der Waals surface area contributed by atoms with Crippen LogP contribution in [-0.2, 0) is 0 Å². The lowest BCUT2D eigenvalue weighted by molar-refractivity contribution is 0.112. The summed E-state index contributed by atoms with van der Waals surface area (Å²) in [6.45, 7) is 4.40. The molecule has 0 unspecified atom stereocenters. The normalized spacial score (nSPS) is 16.9. The molecule has 0 amide bonds. The van der Waals surface area contributed by atoms with Gasteiger partial charge in [-0.25, -0.2) is 0 Å². The molecule has 1 heterocycles. The zero-order valence-corrected chi connectivity index (χ0v) is 12.4. The zero-order valence-electron chi connectivity index (χ0n) is 10.9. The van der Waals surface area contributed by atoms with Gasteiger partial charge >= 0.3 is 0 Å². The number of halogens is 1. The monoisotopic (exact) mass is 309 g/mol. The van der Waals surface area contributed by atoms with Crippen LogP contribution >= 0.6 is 15.9 Å². The minimum absolute atomic E-state index is 0.798. The van der Waals surface area contributed by atoms with Gasteiger partial charge in [0.05, 0.1) is 0 Å². The lowest BCUT2D eigenvalue weighted by Crippen LogP contribution is -2.34. The Kier molecular flexibility index (Phi) is 4.81. The van der Waals surface area contributed by atoms with E-state index in [-0.39, 0.29) is 0 Å². The van der Waals surface area contributed by atoms with Crippen LogP contribution in [0.3, 0.4) is 0 Å². The van der Waals surface area contributed by atoms with Crippen LogP contribution in [0.15, 0.2) is 22.7 Å². The standard InChI is InChI=1S/C15H20BrNO/c1-2-3-12-6-8-17(9-7-12)15-10-14(16)5-4-13(15)11-18/h4-5,10-12H,2-3,6-9H2,1H3. The maximum absolute atomic E-state index is 11.1. The Bertz CT molecular complexity index is 411. The summed E-state index contributed by atoms with van der Waals surface area (Å²) in [6, 6.07) is 5.88. The van der Waals surface area contributed by atoms with Crippen molar-refractivity contribution in [2.24, 2.45) is 5.92 Å². The molecule has 0 saturated carbocycles. The van der Waals surface area contributed by atoms with E-state index in [0.717, 1.165) is 41.0 Å². The van der Waals surface area contributed by atoms with Crippen LogP contribution in [0.4, 0.5) is 5.69 Å². The summed E-state index contributed by atoms with van der Waals surface area (Å²) in [4.78, 5) is 13.5. The van der Waals surface area contributed by atoms with Crippen molar-refractivity contribution in [1.82, 2.24) is 0 Å². The van der Waals surface area contributed by atoms with Crippen LogP contribution in [0.5, 0.6) is 0 Å². The lowest BCUT2D eigenvalue weighted by atomic mass is 9.92. The number of hydrogen-bond acceptors (Lipinski definition) is 2. The van der Waals surface area contributed by atoms with Crippen molar-refractivity contribution in [1.29, 1.82) is 0 Å². The van der Waals surface area contributed by atoms with E-state index in [1.807, 2.05) is 12.1 Å². The number of piperidine rings is 1. The van der Waals surface area contributed by atoms with Crippen LogP contribution in [0.2, 0.25) is 0 Å². The molecule has 0 aliphatic carbocycles. The molecule has 1 aliphatic rings. The zero-order chi connectivity index (χ0) is 13.0. The van der Waals surface area contributed by atoms with Crippen molar-refractivity contribution in [3.8, 4) is 0 Å². The van der Waals surface area contributed by atoms with Gasteiger partial charge in [-0.15, -0.1) is 0 Å². The van der Waals surface area contributed by atoms with Gasteiger partial charge < -0.3 is 4.90 Å². The van der Waals surface area contributed by atoms with E-state index in [1.54, 1.807) is 0 Å². The minimum atomic E-state index is 0.798. The predicted molar refractivity (Wildman–Crippen MR) is 79.4 cm³/mol. The fourth-order valence-corrected chi connectivity index (χ4v) is 3.11. The summed E-state index contributed by atoms with van der Waals surface area (Å²) >= 11 is 3.49. The third kappa shape index (κ3) is 3.14. The van der Waals surface area contributed by atoms with Crippen LogP contribution in [0.1, 0.15) is 43.0 Å². The smallest absolute Gasteiger partial charge is 0.152 e. The average molecular weight is 310 g/mol. The molecule has 0 spiro atoms. The third-order valence-electron chi connectivity index (χ3n) is 3.77. The second kappa shape index (κ2) is 6.37. The Balaban J connectivity index is 2.09. The fraction of sp³-hybridized carbons (Fsp3) is 0.533. The molecule has 0 bridgehead atoms. The number of carbonyl (C=O) groups is 1. The second-order valence-electron chi connectivity index (χ2n) is 5.04. The molecule has 0 N–H and O–H groups in total. The molecule has 3 heteroatoms. The van der Waals surface area contributed by atoms with Crippen LogP contribution < -0.4 is 4.90 Å². The van der Waals surface area contributed by atoms with Gasteiger partial charge in [-0.05, 0) is 37.0 Å². The summed E-state index contributed by atoms with van der Waals surface area (Å²) < 4.78 is 1.04. The van der Waals surface area contributed by atoms with Gasteiger partial charge in [-0.3, -0.25) is 4.79 Å².